The predicted octanol–water partition coefficient (Wildman–Crippen LogP) is 1.15. The van der Waals surface area contributed by atoms with E-state index in [2.05, 4.69) is 46.3 Å². The van der Waals surface area contributed by atoms with Crippen LogP contribution in [0.1, 0.15) is 11.1 Å². The van der Waals surface area contributed by atoms with Crippen molar-refractivity contribution in [2.45, 2.75) is 13.5 Å². The minimum absolute atomic E-state index is 0.0727. The van der Waals surface area contributed by atoms with Crippen molar-refractivity contribution in [2.75, 3.05) is 65.6 Å². The number of urea groups is 1. The Bertz CT molecular complexity index is 552. The molecule has 1 N–H and O–H groups in total. The van der Waals surface area contributed by atoms with Crippen molar-refractivity contribution in [1.29, 1.82) is 0 Å². The average Bonchev–Trinajstić information content (AvgIpc) is 2.63. The summed E-state index contributed by atoms with van der Waals surface area (Å²) in [6.07, 6.45) is 0. The molecule has 0 atom stereocenters. The van der Waals surface area contributed by atoms with E-state index in [0.717, 1.165) is 65.6 Å². The molecule has 1 aromatic rings. The van der Waals surface area contributed by atoms with E-state index in [9.17, 15) is 4.79 Å². The molecule has 2 amide bonds. The number of carbonyl (C=O) groups is 1. The van der Waals surface area contributed by atoms with Gasteiger partial charge in [-0.15, -0.1) is 0 Å². The van der Waals surface area contributed by atoms with E-state index < -0.39 is 0 Å². The Kier molecular flexibility index (Phi) is 6.67. The predicted molar refractivity (Wildman–Crippen MR) is 98.7 cm³/mol. The van der Waals surface area contributed by atoms with Crippen LogP contribution in [0.15, 0.2) is 24.3 Å². The number of amides is 2. The second-order valence-corrected chi connectivity index (χ2v) is 6.94. The highest BCUT2D eigenvalue weighted by atomic mass is 16.5. The molecule has 2 heterocycles. The van der Waals surface area contributed by atoms with Crippen molar-refractivity contribution in [3.05, 3.63) is 35.4 Å². The van der Waals surface area contributed by atoms with E-state index in [4.69, 9.17) is 4.74 Å². The highest BCUT2D eigenvalue weighted by Gasteiger charge is 2.21. The van der Waals surface area contributed by atoms with Crippen LogP contribution in [0.3, 0.4) is 0 Å². The normalized spacial score (nSPS) is 19.8. The van der Waals surface area contributed by atoms with Gasteiger partial charge < -0.3 is 15.0 Å². The quantitative estimate of drug-likeness (QED) is 0.869. The molecule has 0 aromatic heterocycles. The van der Waals surface area contributed by atoms with Crippen LogP contribution in [0.2, 0.25) is 0 Å². The fourth-order valence-electron chi connectivity index (χ4n) is 3.44. The molecular formula is C19H30N4O2. The highest BCUT2D eigenvalue weighted by molar-refractivity contribution is 5.74. The molecular weight excluding hydrogens is 316 g/mol. The minimum atomic E-state index is 0.0727. The van der Waals surface area contributed by atoms with Crippen molar-refractivity contribution < 1.29 is 9.53 Å². The van der Waals surface area contributed by atoms with E-state index in [1.165, 1.54) is 11.1 Å². The van der Waals surface area contributed by atoms with Gasteiger partial charge in [0.05, 0.1) is 13.2 Å². The molecule has 0 saturated carbocycles. The molecule has 3 rings (SSSR count). The lowest BCUT2D eigenvalue weighted by Gasteiger charge is -2.35. The van der Waals surface area contributed by atoms with E-state index in [1.54, 1.807) is 0 Å². The van der Waals surface area contributed by atoms with Gasteiger partial charge in [0.2, 0.25) is 0 Å². The molecule has 0 bridgehead atoms. The van der Waals surface area contributed by atoms with Gasteiger partial charge in [0.15, 0.2) is 0 Å². The third kappa shape index (κ3) is 5.70. The van der Waals surface area contributed by atoms with Gasteiger partial charge in [-0.05, 0) is 12.5 Å². The molecule has 2 fully saturated rings. The number of aryl methyl sites for hydroxylation is 1. The van der Waals surface area contributed by atoms with Gasteiger partial charge in [-0.1, -0.05) is 29.8 Å². The molecule has 6 heteroatoms. The Hall–Kier alpha value is -1.63. The molecule has 1 aromatic carbocycles. The smallest absolute Gasteiger partial charge is 0.317 e. The van der Waals surface area contributed by atoms with Crippen LogP contribution in [-0.2, 0) is 11.3 Å². The fraction of sp³-hybridized carbons (Fsp3) is 0.632. The summed E-state index contributed by atoms with van der Waals surface area (Å²) >= 11 is 0. The molecule has 6 nitrogen and oxygen atoms in total. The van der Waals surface area contributed by atoms with Gasteiger partial charge >= 0.3 is 6.03 Å². The molecule has 2 saturated heterocycles. The molecule has 0 spiro atoms. The molecule has 0 aliphatic carbocycles. The first-order valence-electron chi connectivity index (χ1n) is 9.31. The summed E-state index contributed by atoms with van der Waals surface area (Å²) in [4.78, 5) is 19.0. The summed E-state index contributed by atoms with van der Waals surface area (Å²) in [5.41, 5.74) is 2.65. The van der Waals surface area contributed by atoms with Crippen molar-refractivity contribution in [3.63, 3.8) is 0 Å². The second-order valence-electron chi connectivity index (χ2n) is 6.94. The summed E-state index contributed by atoms with van der Waals surface area (Å²) in [5, 5.41) is 3.06. The summed E-state index contributed by atoms with van der Waals surface area (Å²) in [7, 11) is 0. The first-order valence-corrected chi connectivity index (χ1v) is 9.31. The molecule has 0 unspecified atom stereocenters. The monoisotopic (exact) mass is 346 g/mol. The van der Waals surface area contributed by atoms with Crippen LogP contribution in [-0.4, -0.2) is 86.3 Å². The topological polar surface area (TPSA) is 48.0 Å². The van der Waals surface area contributed by atoms with E-state index >= 15 is 0 Å². The second kappa shape index (κ2) is 9.17. The van der Waals surface area contributed by atoms with Crippen LogP contribution >= 0.6 is 0 Å². The largest absolute Gasteiger partial charge is 0.379 e. The first kappa shape index (κ1) is 18.2. The Morgan fingerprint density at radius 2 is 1.84 bits per heavy atom. The number of carbonyl (C=O) groups excluding carboxylic acids is 1. The van der Waals surface area contributed by atoms with Gasteiger partial charge in [0.1, 0.15) is 0 Å². The van der Waals surface area contributed by atoms with E-state index in [1.807, 2.05) is 4.90 Å². The third-order valence-corrected chi connectivity index (χ3v) is 4.96. The Balaban J connectivity index is 1.34. The lowest BCUT2D eigenvalue weighted by Crippen LogP contribution is -2.52. The Morgan fingerprint density at radius 3 is 2.56 bits per heavy atom. The SMILES string of the molecule is Cc1cccc(CN2CCN(C(=O)NCCN3CCOCC3)CC2)c1. The van der Waals surface area contributed by atoms with E-state index in [0.29, 0.717) is 6.54 Å². The van der Waals surface area contributed by atoms with Crippen molar-refractivity contribution in [1.82, 2.24) is 20.0 Å². The Labute approximate surface area is 150 Å². The van der Waals surface area contributed by atoms with Crippen LogP contribution in [0.5, 0.6) is 0 Å². The Morgan fingerprint density at radius 1 is 1.08 bits per heavy atom. The number of nitrogens with zero attached hydrogens (tertiary/aromatic N) is 3. The number of ether oxygens (including phenoxy) is 1. The molecule has 2 aliphatic rings. The van der Waals surface area contributed by atoms with Crippen LogP contribution < -0.4 is 5.32 Å². The van der Waals surface area contributed by atoms with Gasteiger partial charge in [-0.25, -0.2) is 4.79 Å². The molecule has 25 heavy (non-hydrogen) atoms. The summed E-state index contributed by atoms with van der Waals surface area (Å²) in [6, 6.07) is 8.73. The molecule has 0 radical (unpaired) electrons. The minimum Gasteiger partial charge on any atom is -0.379 e. The molecule has 2 aliphatic heterocycles. The zero-order chi connectivity index (χ0) is 17.5. The van der Waals surface area contributed by atoms with E-state index in [-0.39, 0.29) is 6.03 Å². The van der Waals surface area contributed by atoms with Crippen molar-refractivity contribution in [3.8, 4) is 0 Å². The third-order valence-electron chi connectivity index (χ3n) is 4.96. The highest BCUT2D eigenvalue weighted by Crippen LogP contribution is 2.10. The number of piperazine rings is 1. The fourth-order valence-corrected chi connectivity index (χ4v) is 3.44. The van der Waals surface area contributed by atoms with Crippen LogP contribution in [0, 0.1) is 6.92 Å². The lowest BCUT2D eigenvalue weighted by atomic mass is 10.1. The maximum absolute atomic E-state index is 12.3. The van der Waals surface area contributed by atoms with Crippen molar-refractivity contribution >= 4 is 6.03 Å². The number of benzene rings is 1. The number of morpholine rings is 1. The maximum atomic E-state index is 12.3. The van der Waals surface area contributed by atoms with Crippen LogP contribution in [0.4, 0.5) is 4.79 Å². The summed E-state index contributed by atoms with van der Waals surface area (Å²) < 4.78 is 5.34. The number of hydrogen-bond acceptors (Lipinski definition) is 4. The van der Waals surface area contributed by atoms with Crippen molar-refractivity contribution in [2.24, 2.45) is 0 Å². The maximum Gasteiger partial charge on any atom is 0.317 e. The first-order chi connectivity index (χ1) is 12.2. The molecule has 138 valence electrons. The lowest BCUT2D eigenvalue weighted by molar-refractivity contribution is 0.0385. The zero-order valence-electron chi connectivity index (χ0n) is 15.2. The number of rotatable bonds is 5. The van der Waals surface area contributed by atoms with Gasteiger partial charge in [-0.2, -0.15) is 0 Å². The number of hydrogen-bond donors (Lipinski definition) is 1. The van der Waals surface area contributed by atoms with Crippen LogP contribution in [0.25, 0.3) is 0 Å². The number of nitrogens with one attached hydrogen (secondary N) is 1. The average molecular weight is 346 g/mol. The zero-order valence-corrected chi connectivity index (χ0v) is 15.2. The van der Waals surface area contributed by atoms with Gasteiger partial charge in [-0.3, -0.25) is 9.80 Å². The summed E-state index contributed by atoms with van der Waals surface area (Å²) in [5.74, 6) is 0. The summed E-state index contributed by atoms with van der Waals surface area (Å²) in [6.45, 7) is 11.7. The standard InChI is InChI=1S/C19H30N4O2/c1-17-3-2-4-18(15-17)16-22-7-9-23(10-8-22)19(24)20-5-6-21-11-13-25-14-12-21/h2-4,15H,5-14,16H2,1H3,(H,20,24). The van der Waals surface area contributed by atoms with Gasteiger partial charge in [0, 0.05) is 58.9 Å². The van der Waals surface area contributed by atoms with Gasteiger partial charge in [0.25, 0.3) is 0 Å².